The highest BCUT2D eigenvalue weighted by molar-refractivity contribution is 5.79. The van der Waals surface area contributed by atoms with Gasteiger partial charge >= 0.3 is 0 Å². The normalized spacial score (nSPS) is 26.1. The van der Waals surface area contributed by atoms with Crippen molar-refractivity contribution in [3.63, 3.8) is 0 Å². The van der Waals surface area contributed by atoms with Gasteiger partial charge in [0.05, 0.1) is 18.3 Å². The summed E-state index contributed by atoms with van der Waals surface area (Å²) >= 11 is 0. The van der Waals surface area contributed by atoms with Gasteiger partial charge in [0.15, 0.2) is 0 Å². The first-order valence-electron chi connectivity index (χ1n) is 7.75. The van der Waals surface area contributed by atoms with Crippen molar-refractivity contribution in [3.8, 4) is 0 Å². The minimum atomic E-state index is -0.219. The van der Waals surface area contributed by atoms with Crippen LogP contribution in [0.25, 0.3) is 0 Å². The molecule has 1 fully saturated rings. The topological polar surface area (TPSA) is 67.2 Å². The number of aliphatic hydroxyl groups is 1. The Hall–Kier alpha value is -1.62. The highest BCUT2D eigenvalue weighted by atomic mass is 16.3. The summed E-state index contributed by atoms with van der Waals surface area (Å²) in [5, 5.41) is 16.9. The second-order valence-corrected chi connectivity index (χ2v) is 6.31. The molecule has 0 bridgehead atoms. The number of rotatable bonds is 5. The number of carbonyl (C=O) groups excluding carboxylic acids is 1. The molecule has 114 valence electrons. The van der Waals surface area contributed by atoms with Crippen molar-refractivity contribution in [2.75, 3.05) is 0 Å². The molecule has 3 rings (SSSR count). The molecule has 1 saturated carbocycles. The van der Waals surface area contributed by atoms with E-state index in [1.54, 1.807) is 4.68 Å². The van der Waals surface area contributed by atoms with Crippen LogP contribution in [-0.2, 0) is 11.8 Å². The van der Waals surface area contributed by atoms with Crippen LogP contribution in [0.1, 0.15) is 50.1 Å². The molecule has 0 radical (unpaired) electrons. The second kappa shape index (κ2) is 6.02. The zero-order chi connectivity index (χ0) is 14.8. The van der Waals surface area contributed by atoms with Gasteiger partial charge in [0.1, 0.15) is 0 Å². The van der Waals surface area contributed by atoms with Crippen molar-refractivity contribution >= 4 is 5.91 Å². The third-order valence-electron chi connectivity index (χ3n) is 4.54. The number of hydrogen-bond acceptors (Lipinski definition) is 3. The fourth-order valence-electron chi connectivity index (χ4n) is 3.30. The lowest BCUT2D eigenvalue weighted by Gasteiger charge is -2.37. The predicted molar refractivity (Wildman–Crippen MR) is 79.4 cm³/mol. The van der Waals surface area contributed by atoms with Crippen LogP contribution in [0.5, 0.6) is 0 Å². The van der Waals surface area contributed by atoms with Crippen LogP contribution in [0.4, 0.5) is 0 Å². The number of aromatic nitrogens is 2. The summed E-state index contributed by atoms with van der Waals surface area (Å²) < 4.78 is 1.75. The summed E-state index contributed by atoms with van der Waals surface area (Å²) in [6, 6.07) is -0.0309. The number of amides is 1. The average Bonchev–Trinajstić information content (AvgIpc) is 3.04. The summed E-state index contributed by atoms with van der Waals surface area (Å²) in [5.74, 6) is 0.393. The van der Waals surface area contributed by atoms with Gasteiger partial charge in [0, 0.05) is 25.2 Å². The standard InChI is InChI=1S/C16H23N3O2/c1-19-10-13(9-17-19)16(12-7-14(20)8-12)18-15(21)6-11-4-2-3-5-11/h4,9-10,12,14,16,20H,2-3,5-8H2,1H3,(H,18,21). The molecule has 5 heteroatoms. The molecule has 0 saturated heterocycles. The van der Waals surface area contributed by atoms with Crippen LogP contribution in [0.2, 0.25) is 0 Å². The first kappa shape index (κ1) is 14.3. The van der Waals surface area contributed by atoms with E-state index < -0.39 is 0 Å². The van der Waals surface area contributed by atoms with Gasteiger partial charge in [-0.15, -0.1) is 0 Å². The molecule has 2 N–H and O–H groups in total. The van der Waals surface area contributed by atoms with E-state index in [2.05, 4.69) is 16.5 Å². The van der Waals surface area contributed by atoms with Gasteiger partial charge in [-0.05, 0) is 38.0 Å². The lowest BCUT2D eigenvalue weighted by Crippen LogP contribution is -2.41. The molecule has 5 nitrogen and oxygen atoms in total. The van der Waals surface area contributed by atoms with Crippen LogP contribution < -0.4 is 5.32 Å². The van der Waals surface area contributed by atoms with Crippen molar-refractivity contribution in [2.45, 2.75) is 50.7 Å². The monoisotopic (exact) mass is 289 g/mol. The Bertz CT molecular complexity index is 543. The second-order valence-electron chi connectivity index (χ2n) is 6.31. The summed E-state index contributed by atoms with van der Waals surface area (Å²) in [7, 11) is 1.88. The van der Waals surface area contributed by atoms with E-state index in [1.807, 2.05) is 19.4 Å². The number of nitrogens with zero attached hydrogens (tertiary/aromatic N) is 2. The number of aryl methyl sites for hydroxylation is 1. The fourth-order valence-corrected chi connectivity index (χ4v) is 3.30. The fraction of sp³-hybridized carbons (Fsp3) is 0.625. The van der Waals surface area contributed by atoms with Crippen molar-refractivity contribution in [2.24, 2.45) is 13.0 Å². The van der Waals surface area contributed by atoms with Gasteiger partial charge < -0.3 is 10.4 Å². The third-order valence-corrected chi connectivity index (χ3v) is 4.54. The predicted octanol–water partition coefficient (Wildman–Crippen LogP) is 1.85. The van der Waals surface area contributed by atoms with E-state index in [4.69, 9.17) is 0 Å². The van der Waals surface area contributed by atoms with E-state index in [-0.39, 0.29) is 18.1 Å². The van der Waals surface area contributed by atoms with Crippen molar-refractivity contribution in [3.05, 3.63) is 29.6 Å². The molecule has 0 aromatic carbocycles. The van der Waals surface area contributed by atoms with Crippen molar-refractivity contribution in [1.29, 1.82) is 0 Å². The smallest absolute Gasteiger partial charge is 0.224 e. The van der Waals surface area contributed by atoms with Gasteiger partial charge in [0.25, 0.3) is 0 Å². The van der Waals surface area contributed by atoms with Gasteiger partial charge in [-0.2, -0.15) is 5.10 Å². The summed E-state index contributed by atoms with van der Waals surface area (Å²) in [6.07, 6.45) is 11.1. The van der Waals surface area contributed by atoms with Crippen LogP contribution >= 0.6 is 0 Å². The summed E-state index contributed by atoms with van der Waals surface area (Å²) in [5.41, 5.74) is 2.29. The molecule has 1 aromatic rings. The molecule has 0 aliphatic heterocycles. The molecular formula is C16H23N3O2. The lowest BCUT2D eigenvalue weighted by molar-refractivity contribution is -0.122. The Morgan fingerprint density at radius 1 is 1.57 bits per heavy atom. The number of hydrogen-bond donors (Lipinski definition) is 2. The van der Waals surface area contributed by atoms with Gasteiger partial charge in [-0.25, -0.2) is 0 Å². The summed E-state index contributed by atoms with van der Waals surface area (Å²) in [6.45, 7) is 0. The van der Waals surface area contributed by atoms with Crippen LogP contribution in [-0.4, -0.2) is 26.9 Å². The SMILES string of the molecule is Cn1cc(C(NC(=O)CC2=CCCC2)C2CC(O)C2)cn1. The van der Waals surface area contributed by atoms with E-state index >= 15 is 0 Å². The molecule has 1 amide bonds. The Balaban J connectivity index is 1.65. The van der Waals surface area contributed by atoms with Crippen LogP contribution in [0.15, 0.2) is 24.0 Å². The quantitative estimate of drug-likeness (QED) is 0.813. The Morgan fingerprint density at radius 2 is 2.38 bits per heavy atom. The molecule has 2 aliphatic carbocycles. The minimum Gasteiger partial charge on any atom is -0.393 e. The molecule has 2 aliphatic rings. The lowest BCUT2D eigenvalue weighted by atomic mass is 9.75. The Labute approximate surface area is 125 Å². The van der Waals surface area contributed by atoms with Gasteiger partial charge in [-0.1, -0.05) is 11.6 Å². The molecule has 21 heavy (non-hydrogen) atoms. The van der Waals surface area contributed by atoms with Crippen molar-refractivity contribution in [1.82, 2.24) is 15.1 Å². The van der Waals surface area contributed by atoms with Crippen LogP contribution in [0.3, 0.4) is 0 Å². The molecule has 1 heterocycles. The maximum atomic E-state index is 12.3. The van der Waals surface area contributed by atoms with Gasteiger partial charge in [-0.3, -0.25) is 9.48 Å². The molecule has 1 aromatic heterocycles. The van der Waals surface area contributed by atoms with Crippen molar-refractivity contribution < 1.29 is 9.90 Å². The third kappa shape index (κ3) is 3.35. The number of carbonyl (C=O) groups is 1. The number of allylic oxidation sites excluding steroid dienone is 1. The highest BCUT2D eigenvalue weighted by Gasteiger charge is 2.36. The van der Waals surface area contributed by atoms with Gasteiger partial charge in [0.2, 0.25) is 5.91 Å². The zero-order valence-electron chi connectivity index (χ0n) is 12.5. The maximum Gasteiger partial charge on any atom is 0.224 e. The molecular weight excluding hydrogens is 266 g/mol. The first-order valence-corrected chi connectivity index (χ1v) is 7.75. The first-order chi connectivity index (χ1) is 10.1. The van der Waals surface area contributed by atoms with Crippen LogP contribution in [0, 0.1) is 5.92 Å². The largest absolute Gasteiger partial charge is 0.393 e. The molecule has 1 atom stereocenters. The number of nitrogens with one attached hydrogen (secondary N) is 1. The zero-order valence-corrected chi connectivity index (χ0v) is 12.5. The average molecular weight is 289 g/mol. The minimum absolute atomic E-state index is 0.0309. The molecule has 1 unspecified atom stereocenters. The Kier molecular flexibility index (Phi) is 4.10. The number of aliphatic hydroxyl groups excluding tert-OH is 1. The highest BCUT2D eigenvalue weighted by Crippen LogP contribution is 2.38. The molecule has 0 spiro atoms. The Morgan fingerprint density at radius 3 is 2.95 bits per heavy atom. The van der Waals surface area contributed by atoms with E-state index in [9.17, 15) is 9.90 Å². The van der Waals surface area contributed by atoms with E-state index in [1.165, 1.54) is 12.0 Å². The van der Waals surface area contributed by atoms with E-state index in [0.717, 1.165) is 31.2 Å². The van der Waals surface area contributed by atoms with E-state index in [0.29, 0.717) is 12.3 Å². The maximum absolute atomic E-state index is 12.3. The summed E-state index contributed by atoms with van der Waals surface area (Å²) in [4.78, 5) is 12.3.